The topological polar surface area (TPSA) is 93.7 Å². The number of methoxy groups -OCH3 is 2. The van der Waals surface area contributed by atoms with Gasteiger partial charge in [0.15, 0.2) is 0 Å². The molecule has 8 heteroatoms. The Bertz CT molecular complexity index is 911. The van der Waals surface area contributed by atoms with E-state index in [2.05, 4.69) is 10.0 Å². The number of hydrogen-bond acceptors (Lipinski definition) is 5. The molecule has 0 aliphatic heterocycles. The number of amides is 1. The van der Waals surface area contributed by atoms with E-state index >= 15 is 0 Å². The van der Waals surface area contributed by atoms with Crippen molar-refractivity contribution in [3.63, 3.8) is 0 Å². The minimum atomic E-state index is -3.85. The molecular formula is C20H26N2O5S. The van der Waals surface area contributed by atoms with E-state index in [-0.39, 0.29) is 10.5 Å². The smallest absolute Gasteiger partial charge is 0.255 e. The van der Waals surface area contributed by atoms with Gasteiger partial charge < -0.3 is 14.8 Å². The molecule has 1 amide bonds. The van der Waals surface area contributed by atoms with Crippen molar-refractivity contribution in [3.8, 4) is 11.5 Å². The van der Waals surface area contributed by atoms with Gasteiger partial charge >= 0.3 is 0 Å². The van der Waals surface area contributed by atoms with E-state index in [0.717, 1.165) is 5.56 Å². The van der Waals surface area contributed by atoms with E-state index in [9.17, 15) is 13.2 Å². The van der Waals surface area contributed by atoms with Gasteiger partial charge in [0.05, 0.1) is 24.7 Å². The zero-order valence-electron chi connectivity index (χ0n) is 16.5. The first-order valence-electron chi connectivity index (χ1n) is 8.98. The van der Waals surface area contributed by atoms with Gasteiger partial charge in [-0.1, -0.05) is 19.1 Å². The zero-order valence-corrected chi connectivity index (χ0v) is 17.3. The van der Waals surface area contributed by atoms with Crippen LogP contribution in [0.4, 0.5) is 0 Å². The summed E-state index contributed by atoms with van der Waals surface area (Å²) in [4.78, 5) is 12.2. The molecule has 2 rings (SSSR count). The fourth-order valence-electron chi connectivity index (χ4n) is 2.77. The van der Waals surface area contributed by atoms with Crippen LogP contribution in [0.1, 0.15) is 42.2 Å². The van der Waals surface area contributed by atoms with Crippen molar-refractivity contribution in [1.29, 1.82) is 0 Å². The van der Waals surface area contributed by atoms with Gasteiger partial charge in [-0.2, -0.15) is 0 Å². The van der Waals surface area contributed by atoms with Crippen molar-refractivity contribution in [2.45, 2.75) is 31.2 Å². The maximum absolute atomic E-state index is 12.9. The Balaban J connectivity index is 2.34. The summed E-state index contributed by atoms with van der Waals surface area (Å²) in [7, 11) is -0.842. The zero-order chi connectivity index (χ0) is 20.7. The second-order valence-electron chi connectivity index (χ2n) is 6.08. The fourth-order valence-corrected chi connectivity index (χ4v) is 4.10. The van der Waals surface area contributed by atoms with Crippen molar-refractivity contribution in [1.82, 2.24) is 10.0 Å². The lowest BCUT2D eigenvalue weighted by Crippen LogP contribution is -2.29. The molecule has 0 aromatic heterocycles. The lowest BCUT2D eigenvalue weighted by atomic mass is 10.1. The third-order valence-corrected chi connectivity index (χ3v) is 5.76. The number of nitrogens with one attached hydrogen (secondary N) is 2. The summed E-state index contributed by atoms with van der Waals surface area (Å²) in [6.45, 7) is 4.10. The van der Waals surface area contributed by atoms with Crippen LogP contribution in [0.3, 0.4) is 0 Å². The van der Waals surface area contributed by atoms with Crippen LogP contribution in [0, 0.1) is 0 Å². The third kappa shape index (κ3) is 5.02. The van der Waals surface area contributed by atoms with Crippen molar-refractivity contribution < 1.29 is 22.7 Å². The fraction of sp³-hybridized carbons (Fsp3) is 0.350. The average Bonchev–Trinajstić information content (AvgIpc) is 2.71. The first-order valence-corrected chi connectivity index (χ1v) is 10.5. The maximum Gasteiger partial charge on any atom is 0.255 e. The van der Waals surface area contributed by atoms with E-state index < -0.39 is 22.0 Å². The number of benzene rings is 2. The number of carbonyl (C=O) groups is 1. The average molecular weight is 407 g/mol. The van der Waals surface area contributed by atoms with Gasteiger partial charge in [-0.3, -0.25) is 4.79 Å². The molecule has 0 saturated carbocycles. The van der Waals surface area contributed by atoms with E-state index in [1.807, 2.05) is 19.1 Å². The molecule has 2 N–H and O–H groups in total. The summed E-state index contributed by atoms with van der Waals surface area (Å²) in [5.74, 6) is 0.619. The summed E-state index contributed by atoms with van der Waals surface area (Å²) in [5, 5.41) is 2.66. The predicted molar refractivity (Wildman–Crippen MR) is 107 cm³/mol. The molecule has 1 unspecified atom stereocenters. The van der Waals surface area contributed by atoms with Gasteiger partial charge in [0.1, 0.15) is 11.5 Å². The molecule has 0 heterocycles. The molecule has 1 atom stereocenters. The lowest BCUT2D eigenvalue weighted by Gasteiger charge is -2.18. The van der Waals surface area contributed by atoms with Crippen LogP contribution >= 0.6 is 0 Å². The summed E-state index contributed by atoms with van der Waals surface area (Å²) in [5.41, 5.74) is 0.994. The first kappa shape index (κ1) is 21.7. The number of rotatable bonds is 9. The second-order valence-corrected chi connectivity index (χ2v) is 7.79. The SMILES string of the molecule is CCNC(=O)c1cc(S(=O)(=O)NC(CC)c2ccc(OC)cc2)ccc1OC. The van der Waals surface area contributed by atoms with Crippen LogP contribution in [0.2, 0.25) is 0 Å². The molecule has 2 aromatic carbocycles. The number of sulfonamides is 1. The van der Waals surface area contributed by atoms with Gasteiger partial charge in [0.2, 0.25) is 10.0 Å². The van der Waals surface area contributed by atoms with Crippen LogP contribution in [-0.4, -0.2) is 35.1 Å². The molecule has 0 spiro atoms. The molecule has 2 aromatic rings. The molecule has 0 aliphatic rings. The largest absolute Gasteiger partial charge is 0.497 e. The molecule has 0 aliphatic carbocycles. The highest BCUT2D eigenvalue weighted by Gasteiger charge is 2.23. The first-order chi connectivity index (χ1) is 13.4. The quantitative estimate of drug-likeness (QED) is 0.668. The van der Waals surface area contributed by atoms with Crippen LogP contribution in [0.15, 0.2) is 47.4 Å². The van der Waals surface area contributed by atoms with E-state index in [1.54, 1.807) is 26.2 Å². The highest BCUT2D eigenvalue weighted by atomic mass is 32.2. The van der Waals surface area contributed by atoms with Crippen LogP contribution < -0.4 is 19.5 Å². The van der Waals surface area contributed by atoms with Crippen molar-refractivity contribution >= 4 is 15.9 Å². The Labute approximate surface area is 166 Å². The Kier molecular flexibility index (Phi) is 7.42. The minimum Gasteiger partial charge on any atom is -0.497 e. The van der Waals surface area contributed by atoms with Gasteiger partial charge in [0, 0.05) is 12.6 Å². The summed E-state index contributed by atoms with van der Waals surface area (Å²) >= 11 is 0. The van der Waals surface area contributed by atoms with Gasteiger partial charge in [-0.15, -0.1) is 0 Å². The monoisotopic (exact) mass is 406 g/mol. The van der Waals surface area contributed by atoms with Gasteiger partial charge in [-0.25, -0.2) is 13.1 Å². The Morgan fingerprint density at radius 1 is 1.04 bits per heavy atom. The standard InChI is InChI=1S/C20H26N2O5S/c1-5-18(14-7-9-15(26-3)10-8-14)22-28(24,25)16-11-12-19(27-4)17(13-16)20(23)21-6-2/h7-13,18,22H,5-6H2,1-4H3,(H,21,23). The highest BCUT2D eigenvalue weighted by molar-refractivity contribution is 7.89. The minimum absolute atomic E-state index is 0.00140. The number of hydrogen-bond donors (Lipinski definition) is 2. The van der Waals surface area contributed by atoms with E-state index in [4.69, 9.17) is 9.47 Å². The van der Waals surface area contributed by atoms with Crippen LogP contribution in [0.25, 0.3) is 0 Å². The van der Waals surface area contributed by atoms with Gasteiger partial charge in [0.25, 0.3) is 5.91 Å². The van der Waals surface area contributed by atoms with Crippen LogP contribution in [0.5, 0.6) is 11.5 Å². The van der Waals surface area contributed by atoms with Crippen LogP contribution in [-0.2, 0) is 10.0 Å². The second kappa shape index (κ2) is 9.57. The Hall–Kier alpha value is -2.58. The number of ether oxygens (including phenoxy) is 2. The summed E-state index contributed by atoms with van der Waals surface area (Å²) < 4.78 is 38.9. The highest BCUT2D eigenvalue weighted by Crippen LogP contribution is 2.26. The lowest BCUT2D eigenvalue weighted by molar-refractivity contribution is 0.0952. The predicted octanol–water partition coefficient (Wildman–Crippen LogP) is 2.88. The normalized spacial score (nSPS) is 12.3. The maximum atomic E-state index is 12.9. The van der Waals surface area contributed by atoms with Crippen molar-refractivity contribution in [3.05, 3.63) is 53.6 Å². The Morgan fingerprint density at radius 2 is 1.71 bits per heavy atom. The number of carbonyl (C=O) groups excluding carboxylic acids is 1. The van der Waals surface area contributed by atoms with Crippen molar-refractivity contribution in [2.24, 2.45) is 0 Å². The third-order valence-electron chi connectivity index (χ3n) is 4.29. The Morgan fingerprint density at radius 3 is 2.25 bits per heavy atom. The molecule has 152 valence electrons. The molecule has 0 radical (unpaired) electrons. The van der Waals surface area contributed by atoms with E-state index in [0.29, 0.717) is 24.5 Å². The van der Waals surface area contributed by atoms with Crippen molar-refractivity contribution in [2.75, 3.05) is 20.8 Å². The van der Waals surface area contributed by atoms with E-state index in [1.165, 1.54) is 25.3 Å². The molecular weight excluding hydrogens is 380 g/mol. The molecule has 28 heavy (non-hydrogen) atoms. The summed E-state index contributed by atoms with van der Waals surface area (Å²) in [6.07, 6.45) is 0.560. The molecule has 7 nitrogen and oxygen atoms in total. The molecule has 0 saturated heterocycles. The van der Waals surface area contributed by atoms with Gasteiger partial charge in [-0.05, 0) is 49.2 Å². The summed E-state index contributed by atoms with van der Waals surface area (Å²) in [6, 6.07) is 11.0. The molecule has 0 bridgehead atoms. The molecule has 0 fully saturated rings.